The highest BCUT2D eigenvalue weighted by atomic mass is 35.5. The second-order valence-electron chi connectivity index (χ2n) is 4.73. The van der Waals surface area contributed by atoms with Crippen LogP contribution in [0.1, 0.15) is 11.1 Å². The lowest BCUT2D eigenvalue weighted by Crippen LogP contribution is -2.15. The second-order valence-corrected chi connectivity index (χ2v) is 6.62. The third-order valence-electron chi connectivity index (χ3n) is 2.88. The number of anilines is 1. The van der Waals surface area contributed by atoms with Gasteiger partial charge in [-0.2, -0.15) is 0 Å². The molecule has 2 rings (SSSR count). The van der Waals surface area contributed by atoms with Gasteiger partial charge in [-0.3, -0.25) is 4.79 Å². The number of hydrogen-bond acceptors (Lipinski definition) is 2. The number of halogens is 2. The first-order valence-corrected chi connectivity index (χ1v) is 8.15. The van der Waals surface area contributed by atoms with Crippen LogP contribution in [0.15, 0.2) is 41.3 Å². The summed E-state index contributed by atoms with van der Waals surface area (Å²) in [5.41, 5.74) is 2.72. The van der Waals surface area contributed by atoms with E-state index in [1.54, 1.807) is 0 Å². The molecule has 0 saturated heterocycles. The number of hydrogen-bond donors (Lipinski definition) is 1. The van der Waals surface area contributed by atoms with Crippen molar-refractivity contribution in [3.05, 3.63) is 57.6 Å². The van der Waals surface area contributed by atoms with Crippen molar-refractivity contribution in [3.8, 4) is 0 Å². The van der Waals surface area contributed by atoms with E-state index < -0.39 is 0 Å². The Hall–Kier alpha value is -1.16. The minimum absolute atomic E-state index is 0.0798. The molecule has 2 aromatic rings. The molecule has 1 amide bonds. The molecule has 0 heterocycles. The fraction of sp³-hybridized carbons (Fsp3) is 0.188. The number of aryl methyl sites for hydroxylation is 2. The van der Waals surface area contributed by atoms with Gasteiger partial charge in [0.05, 0.1) is 16.5 Å². The van der Waals surface area contributed by atoms with Crippen LogP contribution < -0.4 is 5.32 Å². The second kappa shape index (κ2) is 7.21. The van der Waals surface area contributed by atoms with Crippen molar-refractivity contribution >= 4 is 46.6 Å². The van der Waals surface area contributed by atoms with Crippen LogP contribution in [0.4, 0.5) is 5.69 Å². The van der Waals surface area contributed by atoms with E-state index in [0.29, 0.717) is 21.5 Å². The molecule has 0 spiro atoms. The van der Waals surface area contributed by atoms with Gasteiger partial charge in [-0.25, -0.2) is 0 Å². The van der Waals surface area contributed by atoms with Crippen LogP contribution in [0.3, 0.4) is 0 Å². The van der Waals surface area contributed by atoms with Crippen molar-refractivity contribution < 1.29 is 4.79 Å². The molecule has 0 aliphatic heterocycles. The molecule has 0 fully saturated rings. The average molecular weight is 340 g/mol. The molecule has 0 aliphatic carbocycles. The number of carbonyl (C=O) groups excluding carboxylic acids is 1. The fourth-order valence-corrected chi connectivity index (χ4v) is 3.12. The number of rotatable bonds is 4. The molecule has 0 aromatic heterocycles. The van der Waals surface area contributed by atoms with Crippen LogP contribution in [0.25, 0.3) is 0 Å². The largest absolute Gasteiger partial charge is 0.324 e. The summed E-state index contributed by atoms with van der Waals surface area (Å²) in [6, 6.07) is 11.2. The van der Waals surface area contributed by atoms with E-state index in [1.807, 2.05) is 50.2 Å². The zero-order chi connectivity index (χ0) is 15.4. The number of thioether (sulfide) groups is 1. The summed E-state index contributed by atoms with van der Waals surface area (Å²) in [4.78, 5) is 13.0. The molecule has 0 saturated carbocycles. The predicted molar refractivity (Wildman–Crippen MR) is 91.7 cm³/mol. The Morgan fingerprint density at radius 2 is 1.81 bits per heavy atom. The molecule has 0 unspecified atom stereocenters. The molecule has 1 N–H and O–H groups in total. The van der Waals surface area contributed by atoms with Gasteiger partial charge in [0.1, 0.15) is 0 Å². The van der Waals surface area contributed by atoms with Crippen molar-refractivity contribution in [3.63, 3.8) is 0 Å². The van der Waals surface area contributed by atoms with Crippen molar-refractivity contribution in [1.82, 2.24) is 0 Å². The van der Waals surface area contributed by atoms with Gasteiger partial charge in [0.15, 0.2) is 0 Å². The zero-order valence-corrected chi connectivity index (χ0v) is 14.1. The summed E-state index contributed by atoms with van der Waals surface area (Å²) in [6.07, 6.45) is 0. The van der Waals surface area contributed by atoms with Gasteiger partial charge < -0.3 is 5.32 Å². The van der Waals surface area contributed by atoms with E-state index in [0.717, 1.165) is 16.0 Å². The van der Waals surface area contributed by atoms with Crippen LogP contribution in [-0.4, -0.2) is 11.7 Å². The van der Waals surface area contributed by atoms with Gasteiger partial charge in [-0.15, -0.1) is 11.8 Å². The van der Waals surface area contributed by atoms with Crippen molar-refractivity contribution in [1.29, 1.82) is 0 Å². The number of amides is 1. The van der Waals surface area contributed by atoms with Gasteiger partial charge in [0.2, 0.25) is 5.91 Å². The monoisotopic (exact) mass is 339 g/mol. The molecule has 0 aliphatic rings. The minimum Gasteiger partial charge on any atom is -0.324 e. The first kappa shape index (κ1) is 16.2. The summed E-state index contributed by atoms with van der Waals surface area (Å²) in [5, 5.41) is 4.12. The van der Waals surface area contributed by atoms with E-state index >= 15 is 0 Å². The van der Waals surface area contributed by atoms with E-state index in [-0.39, 0.29) is 5.91 Å². The van der Waals surface area contributed by atoms with Crippen LogP contribution in [0.2, 0.25) is 10.0 Å². The molecular weight excluding hydrogens is 325 g/mol. The summed E-state index contributed by atoms with van der Waals surface area (Å²) in [6.45, 7) is 3.90. The average Bonchev–Trinajstić information content (AvgIpc) is 2.42. The van der Waals surface area contributed by atoms with Gasteiger partial charge in [0, 0.05) is 9.92 Å². The highest BCUT2D eigenvalue weighted by Crippen LogP contribution is 2.28. The Bertz CT molecular complexity index is 633. The lowest BCUT2D eigenvalue weighted by atomic mass is 10.1. The smallest absolute Gasteiger partial charge is 0.234 e. The van der Waals surface area contributed by atoms with Crippen LogP contribution in [0, 0.1) is 13.8 Å². The molecule has 2 nitrogen and oxygen atoms in total. The van der Waals surface area contributed by atoms with E-state index in [4.69, 9.17) is 23.2 Å². The van der Waals surface area contributed by atoms with Gasteiger partial charge in [-0.05, 0) is 55.3 Å². The summed E-state index contributed by atoms with van der Waals surface area (Å²) < 4.78 is 0. The standard InChI is InChI=1S/C16H15Cl2NOS/c1-10-7-11(2)16(14(18)8-10)19-15(20)9-21-13-5-3-12(17)4-6-13/h3-8H,9H2,1-2H3,(H,19,20). The Labute approximate surface area is 138 Å². The quantitative estimate of drug-likeness (QED) is 0.761. The Balaban J connectivity index is 1.97. The maximum Gasteiger partial charge on any atom is 0.234 e. The maximum atomic E-state index is 12.0. The normalized spacial score (nSPS) is 10.5. The molecular formula is C16H15Cl2NOS. The summed E-state index contributed by atoms with van der Waals surface area (Å²) >= 11 is 13.5. The lowest BCUT2D eigenvalue weighted by molar-refractivity contribution is -0.113. The van der Waals surface area contributed by atoms with Crippen molar-refractivity contribution in [2.45, 2.75) is 18.7 Å². The lowest BCUT2D eigenvalue weighted by Gasteiger charge is -2.11. The summed E-state index contributed by atoms with van der Waals surface area (Å²) in [7, 11) is 0. The Morgan fingerprint density at radius 3 is 2.43 bits per heavy atom. The molecule has 110 valence electrons. The SMILES string of the molecule is Cc1cc(C)c(NC(=O)CSc2ccc(Cl)cc2)c(Cl)c1. The molecule has 21 heavy (non-hydrogen) atoms. The van der Waals surface area contributed by atoms with Gasteiger partial charge >= 0.3 is 0 Å². The highest BCUT2D eigenvalue weighted by Gasteiger charge is 2.10. The number of carbonyl (C=O) groups is 1. The van der Waals surface area contributed by atoms with E-state index in [2.05, 4.69) is 5.32 Å². The van der Waals surface area contributed by atoms with Gasteiger partial charge in [0.25, 0.3) is 0 Å². The van der Waals surface area contributed by atoms with Crippen molar-refractivity contribution in [2.24, 2.45) is 0 Å². The fourth-order valence-electron chi connectivity index (χ4n) is 1.93. The number of benzene rings is 2. The third kappa shape index (κ3) is 4.67. The van der Waals surface area contributed by atoms with E-state index in [1.165, 1.54) is 11.8 Å². The highest BCUT2D eigenvalue weighted by molar-refractivity contribution is 8.00. The van der Waals surface area contributed by atoms with Crippen LogP contribution in [-0.2, 0) is 4.79 Å². The molecule has 0 bridgehead atoms. The van der Waals surface area contributed by atoms with Crippen LogP contribution >= 0.6 is 35.0 Å². The van der Waals surface area contributed by atoms with E-state index in [9.17, 15) is 4.79 Å². The third-order valence-corrected chi connectivity index (χ3v) is 4.44. The van der Waals surface area contributed by atoms with Gasteiger partial charge in [-0.1, -0.05) is 29.3 Å². The molecule has 2 aromatic carbocycles. The predicted octanol–water partition coefficient (Wildman–Crippen LogP) is 5.34. The minimum atomic E-state index is -0.0798. The Kier molecular flexibility index (Phi) is 5.57. The molecule has 0 radical (unpaired) electrons. The Morgan fingerprint density at radius 1 is 1.14 bits per heavy atom. The number of nitrogens with one attached hydrogen (secondary N) is 1. The summed E-state index contributed by atoms with van der Waals surface area (Å²) in [5.74, 6) is 0.245. The van der Waals surface area contributed by atoms with Crippen LogP contribution in [0.5, 0.6) is 0 Å². The topological polar surface area (TPSA) is 29.1 Å². The first-order valence-electron chi connectivity index (χ1n) is 6.40. The molecule has 5 heteroatoms. The maximum absolute atomic E-state index is 12.0. The molecule has 0 atom stereocenters. The zero-order valence-electron chi connectivity index (χ0n) is 11.7. The first-order chi connectivity index (χ1) is 9.95. The van der Waals surface area contributed by atoms with Crippen molar-refractivity contribution in [2.75, 3.05) is 11.1 Å².